The number of aromatic nitrogens is 2. The lowest BCUT2D eigenvalue weighted by atomic mass is 10.1. The van der Waals surface area contributed by atoms with Gasteiger partial charge in [-0.05, 0) is 93.0 Å². The van der Waals surface area contributed by atoms with Crippen molar-refractivity contribution >= 4 is 110 Å². The summed E-state index contributed by atoms with van der Waals surface area (Å²) in [7, 11) is 0. The molecular weight excluding hydrogens is 1530 g/mol. The molecule has 1 unspecified atom stereocenters. The van der Waals surface area contributed by atoms with Crippen molar-refractivity contribution in [2.45, 2.75) is 160 Å². The van der Waals surface area contributed by atoms with Gasteiger partial charge in [0.2, 0.25) is 41.4 Å². The fraction of sp³-hybridized carbons (Fsp3) is 0.582. The molecule has 38 heteroatoms. The Hall–Kier alpha value is -11.1. The largest absolute Gasteiger partial charge is 0.480 e. The van der Waals surface area contributed by atoms with Gasteiger partial charge in [-0.2, -0.15) is 10.5 Å². The molecule has 634 valence electrons. The van der Waals surface area contributed by atoms with Crippen molar-refractivity contribution in [2.24, 2.45) is 0 Å². The first-order chi connectivity index (χ1) is 55.0. The maximum atomic E-state index is 14.9. The van der Waals surface area contributed by atoms with E-state index in [2.05, 4.69) is 31.2 Å². The zero-order valence-corrected chi connectivity index (χ0v) is 67.3. The maximum Gasteiger partial charge on any atom is 0.320 e. The summed E-state index contributed by atoms with van der Waals surface area (Å²) in [6, 6.07) is 10.9. The number of nitriles is 2. The van der Waals surface area contributed by atoms with Gasteiger partial charge in [0.25, 0.3) is 23.7 Å². The van der Waals surface area contributed by atoms with Crippen LogP contribution < -0.4 is 21.3 Å². The molecule has 6 heterocycles. The number of likely N-dealkylation sites (tertiary alicyclic amines) is 2. The average Bonchev–Trinajstić information content (AvgIpc) is 1.80. The molecule has 4 saturated heterocycles. The number of hydrogen-bond acceptors (Lipinski definition) is 24. The number of benzene rings is 2. The third-order valence-electron chi connectivity index (χ3n) is 19.5. The van der Waals surface area contributed by atoms with Gasteiger partial charge >= 0.3 is 23.9 Å². The van der Waals surface area contributed by atoms with Crippen molar-refractivity contribution in [3.8, 4) is 12.1 Å². The van der Waals surface area contributed by atoms with Gasteiger partial charge in [-0.3, -0.25) is 91.9 Å². The van der Waals surface area contributed by atoms with Crippen LogP contribution in [-0.4, -0.2) is 320 Å². The Kier molecular flexibility index (Phi) is 31.4. The molecule has 0 spiro atoms. The van der Waals surface area contributed by atoms with Gasteiger partial charge in [0, 0.05) is 160 Å². The number of hydrogen-bond donors (Lipinski definition) is 5. The summed E-state index contributed by atoms with van der Waals surface area (Å²) in [5.74, 6) is -16.0. The topological polar surface area (TPSA) is 420 Å². The molecule has 2 aromatic heterocycles. The molecule has 4 aromatic rings. The van der Waals surface area contributed by atoms with E-state index in [0.717, 1.165) is 0 Å². The molecule has 9 amide bonds. The highest BCUT2D eigenvalue weighted by molar-refractivity contribution is 6.12. The molecule has 0 saturated carbocycles. The number of pyridine rings is 2. The zero-order valence-electron chi connectivity index (χ0n) is 67.3. The Morgan fingerprint density at radius 3 is 1.14 bits per heavy atom. The minimum atomic E-state index is -3.29. The number of carboxylic acids is 1. The fourth-order valence-corrected chi connectivity index (χ4v) is 13.9. The molecular formula is C79H103F4N17O17. The molecule has 0 radical (unpaired) electrons. The van der Waals surface area contributed by atoms with E-state index < -0.39 is 189 Å². The third kappa shape index (κ3) is 27.8. The van der Waals surface area contributed by atoms with Gasteiger partial charge in [-0.15, -0.1) is 0 Å². The number of alkyl halides is 4. The molecule has 34 nitrogen and oxygen atoms in total. The Balaban J connectivity index is 0.989. The highest BCUT2D eigenvalue weighted by Crippen LogP contribution is 2.34. The molecule has 0 aliphatic carbocycles. The number of nitrogens with zero attached hydrogens (tertiary/aromatic N) is 13. The summed E-state index contributed by atoms with van der Waals surface area (Å²) >= 11 is 0. The number of anilines is 2. The number of carboxylic acid groups (broad SMARTS) is 1. The van der Waals surface area contributed by atoms with E-state index in [0.29, 0.717) is 9.80 Å². The molecule has 5 N–H and O–H groups in total. The van der Waals surface area contributed by atoms with Crippen LogP contribution in [-0.2, 0) is 67.0 Å². The van der Waals surface area contributed by atoms with E-state index >= 15 is 0 Å². The molecule has 3 atom stereocenters. The van der Waals surface area contributed by atoms with Crippen LogP contribution in [0.4, 0.5) is 28.9 Å². The number of para-hydroxylation sites is 2. The predicted molar refractivity (Wildman–Crippen MR) is 414 cm³/mol. The Labute approximate surface area is 674 Å². The number of ether oxygens (including phenoxy) is 3. The Bertz CT molecular complexity index is 4200. The maximum absolute atomic E-state index is 14.9. The SMILES string of the molecule is CC(C)(C)OC(=O)CN1CCN(CC(=O)OC(C)(C)C)CCN(C(CCC(=O)N2CCN(C(=O)CCC(=O)Nc3cccc4c(C(=O)NCC(=O)N5CC(F)(F)C[C@H]5C#N)ccnc34)CCN(C(=O)CCC(=O)Nc3cccc4c(C(=O)NCC(=O)N5CC(F)(F)C[C@H]5C#N)ccnc34)CC2)C(=O)O)CCN(CC(=O)OC(C)(C)C)CC1. The van der Waals surface area contributed by atoms with Gasteiger partial charge in [0.15, 0.2) is 0 Å². The minimum absolute atomic E-state index is 0.00276. The van der Waals surface area contributed by atoms with Crippen molar-refractivity contribution in [1.82, 2.24) is 64.7 Å². The summed E-state index contributed by atoms with van der Waals surface area (Å²) in [4.78, 5) is 200. The van der Waals surface area contributed by atoms with E-state index in [-0.39, 0.29) is 168 Å². The molecule has 0 bridgehead atoms. The monoisotopic (exact) mass is 1640 g/mol. The van der Waals surface area contributed by atoms with E-state index in [4.69, 9.17) is 14.2 Å². The number of fused-ring (bicyclic) bond motifs is 2. The zero-order chi connectivity index (χ0) is 85.9. The van der Waals surface area contributed by atoms with Crippen molar-refractivity contribution < 1.29 is 99.2 Å². The van der Waals surface area contributed by atoms with Crippen LogP contribution in [0.15, 0.2) is 60.9 Å². The van der Waals surface area contributed by atoms with E-state index in [1.54, 1.807) is 89.2 Å². The molecule has 117 heavy (non-hydrogen) atoms. The van der Waals surface area contributed by atoms with Crippen molar-refractivity contribution in [2.75, 3.05) is 148 Å². The summed E-state index contributed by atoms with van der Waals surface area (Å²) in [6.07, 6.45) is -1.54. The number of aliphatic carboxylic acids is 1. The van der Waals surface area contributed by atoms with Crippen LogP contribution >= 0.6 is 0 Å². The number of carbonyl (C=O) groups excluding carboxylic acids is 12. The highest BCUT2D eigenvalue weighted by Gasteiger charge is 2.49. The average molecular weight is 1640 g/mol. The van der Waals surface area contributed by atoms with Crippen LogP contribution in [0.2, 0.25) is 0 Å². The van der Waals surface area contributed by atoms with Gasteiger partial charge in [-0.1, -0.05) is 24.3 Å². The summed E-state index contributed by atoms with van der Waals surface area (Å²) in [5.41, 5.74) is -2.02. The standard InChI is InChI=1S/C79H103F4N17O17/c1-75(2,3)115-67(108)46-92-26-28-93(47-68(109)116-76(4,5)6)30-32-95(33-31-94(29-27-92)48-69(110)117-77(7,8)9)59(74(113)114)16-19-62(103)96-34-36-97(63(104)20-17-60(101)90-57-14-10-12-53-55(22-24-86-70(53)57)72(111)88-44-65(106)99-49-78(80,81)40-51(99)42-84)38-39-98(37-35-96)64(105)21-18-61(102)91-58-15-11-13-54-56(23-25-87-71(54)58)73(112)89-45-66(107)100-50-79(82,83)41-52(100)43-85/h10-15,22-25,51-52,59H,16-21,26-41,44-50H2,1-9H3,(H,88,111)(H,89,112)(H,90,101)(H,91,102)(H,113,114)/t51-,52-,59?/m0/s1. The Morgan fingerprint density at radius 2 is 0.812 bits per heavy atom. The lowest BCUT2D eigenvalue weighted by Crippen LogP contribution is -2.52. The highest BCUT2D eigenvalue weighted by atomic mass is 19.3. The van der Waals surface area contributed by atoms with Crippen LogP contribution in [0.5, 0.6) is 0 Å². The van der Waals surface area contributed by atoms with E-state index in [9.17, 15) is 95.5 Å². The lowest BCUT2D eigenvalue weighted by Gasteiger charge is -2.36. The second-order valence-electron chi connectivity index (χ2n) is 32.2. The molecule has 4 fully saturated rings. The van der Waals surface area contributed by atoms with Gasteiger partial charge in [0.05, 0.1) is 91.5 Å². The number of halogens is 4. The first-order valence-corrected chi connectivity index (χ1v) is 38.6. The first-order valence-electron chi connectivity index (χ1n) is 38.6. The van der Waals surface area contributed by atoms with Gasteiger partial charge < -0.3 is 65.1 Å². The molecule has 4 aliphatic heterocycles. The van der Waals surface area contributed by atoms with Crippen LogP contribution in [0.1, 0.15) is 134 Å². The lowest BCUT2D eigenvalue weighted by molar-refractivity contribution is -0.158. The first kappa shape index (κ1) is 91.4. The summed E-state index contributed by atoms with van der Waals surface area (Å²) in [6.45, 7) is 11.8. The van der Waals surface area contributed by atoms with Crippen molar-refractivity contribution in [3.63, 3.8) is 0 Å². The molecule has 8 rings (SSSR count). The van der Waals surface area contributed by atoms with E-state index in [1.807, 2.05) is 4.90 Å². The second-order valence-corrected chi connectivity index (χ2v) is 32.2. The summed E-state index contributed by atoms with van der Waals surface area (Å²) < 4.78 is 73.6. The molecule has 4 aliphatic rings. The summed E-state index contributed by atoms with van der Waals surface area (Å²) in [5, 5.41) is 40.6. The van der Waals surface area contributed by atoms with Crippen LogP contribution in [0, 0.1) is 22.7 Å². The second kappa shape index (κ2) is 40.2. The number of esters is 3. The Morgan fingerprint density at radius 1 is 0.479 bits per heavy atom. The van der Waals surface area contributed by atoms with E-state index in [1.165, 1.54) is 75.6 Å². The van der Waals surface area contributed by atoms with Gasteiger partial charge in [-0.25, -0.2) is 17.6 Å². The van der Waals surface area contributed by atoms with Crippen molar-refractivity contribution in [1.29, 1.82) is 10.5 Å². The molecule has 2 aromatic carbocycles. The van der Waals surface area contributed by atoms with Gasteiger partial charge in [0.1, 0.15) is 34.9 Å². The quantitative estimate of drug-likeness (QED) is 0.0357. The fourth-order valence-electron chi connectivity index (χ4n) is 13.9. The van der Waals surface area contributed by atoms with Crippen molar-refractivity contribution in [3.05, 3.63) is 72.1 Å². The number of nitrogens with one attached hydrogen (secondary N) is 4. The number of carbonyl (C=O) groups is 13. The smallest absolute Gasteiger partial charge is 0.320 e. The van der Waals surface area contributed by atoms with Crippen LogP contribution in [0.25, 0.3) is 21.8 Å². The normalized spacial score (nSPS) is 18.6. The number of rotatable bonds is 25. The minimum Gasteiger partial charge on any atom is -0.480 e. The van der Waals surface area contributed by atoms with Crippen LogP contribution in [0.3, 0.4) is 0 Å². The third-order valence-corrected chi connectivity index (χ3v) is 19.5. The predicted octanol–water partition coefficient (Wildman–Crippen LogP) is 3.88. The number of amides is 9.